The molecule has 1 heterocycles. The molecule has 1 N–H and O–H groups in total. The van der Waals surface area contributed by atoms with Crippen LogP contribution in [0.15, 0.2) is 30.3 Å². The number of thioether (sulfide) groups is 1. The Morgan fingerprint density at radius 3 is 2.42 bits per heavy atom. The van der Waals surface area contributed by atoms with Crippen molar-refractivity contribution in [2.75, 3.05) is 44.3 Å². The van der Waals surface area contributed by atoms with Crippen LogP contribution in [0.2, 0.25) is 0 Å². The lowest BCUT2D eigenvalue weighted by molar-refractivity contribution is -0.129. The zero-order chi connectivity index (χ0) is 17.4. The third-order valence-corrected chi connectivity index (χ3v) is 4.85. The fourth-order valence-electron chi connectivity index (χ4n) is 2.47. The maximum absolute atomic E-state index is 12.2. The number of rotatable bonds is 6. The molecule has 1 aliphatic rings. The van der Waals surface area contributed by atoms with Gasteiger partial charge in [-0.3, -0.25) is 4.79 Å². The maximum atomic E-state index is 12.2. The topological polar surface area (TPSA) is 70.1 Å². The zero-order valence-electron chi connectivity index (χ0n) is 13.9. The second kappa shape index (κ2) is 9.54. The molecule has 2 amide bonds. The van der Waals surface area contributed by atoms with Crippen molar-refractivity contribution >= 4 is 23.8 Å². The lowest BCUT2D eigenvalue weighted by Gasteiger charge is -2.34. The summed E-state index contributed by atoms with van der Waals surface area (Å²) in [5, 5.41) is 10.1. The first-order chi connectivity index (χ1) is 11.6. The van der Waals surface area contributed by atoms with Gasteiger partial charge in [-0.25, -0.2) is 4.79 Å². The fraction of sp³-hybridized carbons (Fsp3) is 0.529. The Kier molecular flexibility index (Phi) is 7.39. The molecule has 2 rings (SSSR count). The summed E-state index contributed by atoms with van der Waals surface area (Å²) in [4.78, 5) is 27.2. The van der Waals surface area contributed by atoms with E-state index in [-0.39, 0.29) is 12.0 Å². The van der Waals surface area contributed by atoms with Crippen LogP contribution in [-0.4, -0.2) is 71.2 Å². The summed E-state index contributed by atoms with van der Waals surface area (Å²) < 4.78 is 4.96. The number of carbonyl (C=O) groups excluding carboxylic acids is 2. The lowest BCUT2D eigenvalue weighted by Crippen LogP contribution is -2.51. The summed E-state index contributed by atoms with van der Waals surface area (Å²) in [6.45, 7) is 4.19. The highest BCUT2D eigenvalue weighted by Crippen LogP contribution is 2.18. The molecule has 1 atom stereocenters. The quantitative estimate of drug-likeness (QED) is 0.845. The lowest BCUT2D eigenvalue weighted by atomic mass is 10.1. The number of hydrogen-bond donors (Lipinski definition) is 1. The van der Waals surface area contributed by atoms with Crippen molar-refractivity contribution in [3.05, 3.63) is 35.9 Å². The molecule has 0 aromatic heterocycles. The molecule has 7 heteroatoms. The van der Waals surface area contributed by atoms with E-state index in [9.17, 15) is 14.7 Å². The average Bonchev–Trinajstić information content (AvgIpc) is 2.62. The van der Waals surface area contributed by atoms with Crippen LogP contribution in [0, 0.1) is 0 Å². The van der Waals surface area contributed by atoms with E-state index in [0.717, 1.165) is 5.56 Å². The van der Waals surface area contributed by atoms with Gasteiger partial charge in [-0.15, -0.1) is 11.8 Å². The van der Waals surface area contributed by atoms with Crippen LogP contribution in [0.25, 0.3) is 0 Å². The molecule has 1 saturated heterocycles. The molecule has 0 spiro atoms. The minimum absolute atomic E-state index is 0.0452. The SMILES string of the molecule is CCOC(=O)N1CCN(C(=O)CSCC(O)c2ccccc2)CC1. The van der Waals surface area contributed by atoms with Crippen LogP contribution in [0.5, 0.6) is 0 Å². The molecule has 0 saturated carbocycles. The number of hydrogen-bond acceptors (Lipinski definition) is 5. The van der Waals surface area contributed by atoms with Crippen LogP contribution in [0.3, 0.4) is 0 Å². The highest BCUT2D eigenvalue weighted by Gasteiger charge is 2.24. The number of piperazine rings is 1. The first kappa shape index (κ1) is 18.6. The minimum atomic E-state index is -0.565. The Labute approximate surface area is 146 Å². The fourth-order valence-corrected chi connectivity index (χ4v) is 3.36. The summed E-state index contributed by atoms with van der Waals surface area (Å²) in [7, 11) is 0. The molecule has 0 bridgehead atoms. The third kappa shape index (κ3) is 5.42. The molecule has 6 nitrogen and oxygen atoms in total. The molecule has 1 aromatic carbocycles. The van der Waals surface area contributed by atoms with Crippen molar-refractivity contribution in [3.8, 4) is 0 Å². The number of aliphatic hydroxyl groups excluding tert-OH is 1. The second-order valence-corrected chi connectivity index (χ2v) is 6.54. The Balaban J connectivity index is 1.68. The van der Waals surface area contributed by atoms with Crippen molar-refractivity contribution in [1.29, 1.82) is 0 Å². The summed E-state index contributed by atoms with van der Waals surface area (Å²) in [5.41, 5.74) is 0.862. The van der Waals surface area contributed by atoms with E-state index in [1.54, 1.807) is 16.7 Å². The van der Waals surface area contributed by atoms with Crippen LogP contribution in [-0.2, 0) is 9.53 Å². The van der Waals surface area contributed by atoms with Gasteiger partial charge in [0, 0.05) is 31.9 Å². The van der Waals surface area contributed by atoms with E-state index < -0.39 is 6.10 Å². The number of carbonyl (C=O) groups is 2. The molecule has 24 heavy (non-hydrogen) atoms. The standard InChI is InChI=1S/C17H24N2O4S/c1-2-23-17(22)19-10-8-18(9-11-19)16(21)13-24-12-15(20)14-6-4-3-5-7-14/h3-7,15,20H,2,8-13H2,1H3. The number of aliphatic hydroxyl groups is 1. The maximum Gasteiger partial charge on any atom is 0.409 e. The zero-order valence-corrected chi connectivity index (χ0v) is 14.7. The van der Waals surface area contributed by atoms with Gasteiger partial charge in [-0.1, -0.05) is 30.3 Å². The van der Waals surface area contributed by atoms with Gasteiger partial charge in [-0.05, 0) is 12.5 Å². The van der Waals surface area contributed by atoms with E-state index in [1.165, 1.54) is 11.8 Å². The third-order valence-electron chi connectivity index (χ3n) is 3.84. The Hall–Kier alpha value is -1.73. The summed E-state index contributed by atoms with van der Waals surface area (Å²) >= 11 is 1.43. The first-order valence-corrected chi connectivity index (χ1v) is 9.27. The van der Waals surface area contributed by atoms with Crippen LogP contribution >= 0.6 is 11.8 Å². The largest absolute Gasteiger partial charge is 0.450 e. The normalized spacial score (nSPS) is 15.9. The van der Waals surface area contributed by atoms with Crippen molar-refractivity contribution in [3.63, 3.8) is 0 Å². The minimum Gasteiger partial charge on any atom is -0.450 e. The van der Waals surface area contributed by atoms with Gasteiger partial charge in [0.05, 0.1) is 18.5 Å². The van der Waals surface area contributed by atoms with Crippen LogP contribution < -0.4 is 0 Å². The first-order valence-electron chi connectivity index (χ1n) is 8.12. The van der Waals surface area contributed by atoms with Crippen molar-refractivity contribution < 1.29 is 19.4 Å². The predicted octanol–water partition coefficient (Wildman–Crippen LogP) is 1.75. The molecule has 1 aliphatic heterocycles. The molecule has 1 unspecified atom stereocenters. The van der Waals surface area contributed by atoms with Crippen LogP contribution in [0.1, 0.15) is 18.6 Å². The summed E-state index contributed by atoms with van der Waals surface area (Å²) in [6.07, 6.45) is -0.880. The van der Waals surface area contributed by atoms with Gasteiger partial charge in [0.25, 0.3) is 0 Å². The predicted molar refractivity (Wildman–Crippen MR) is 93.9 cm³/mol. The highest BCUT2D eigenvalue weighted by molar-refractivity contribution is 7.99. The molecule has 1 aromatic rings. The molecule has 132 valence electrons. The number of benzene rings is 1. The summed E-state index contributed by atoms with van der Waals surface area (Å²) in [6, 6.07) is 9.43. The van der Waals surface area contributed by atoms with Gasteiger partial charge in [0.15, 0.2) is 0 Å². The van der Waals surface area contributed by atoms with Gasteiger partial charge < -0.3 is 19.6 Å². The molecule has 0 radical (unpaired) electrons. The van der Waals surface area contributed by atoms with Gasteiger partial charge in [-0.2, -0.15) is 0 Å². The molecular weight excluding hydrogens is 328 g/mol. The van der Waals surface area contributed by atoms with Crippen molar-refractivity contribution in [2.45, 2.75) is 13.0 Å². The number of ether oxygens (including phenoxy) is 1. The highest BCUT2D eigenvalue weighted by atomic mass is 32.2. The second-order valence-electron chi connectivity index (χ2n) is 5.51. The van der Waals surface area contributed by atoms with Gasteiger partial charge >= 0.3 is 6.09 Å². The Bertz CT molecular complexity index is 533. The van der Waals surface area contributed by atoms with Crippen molar-refractivity contribution in [1.82, 2.24) is 9.80 Å². The van der Waals surface area contributed by atoms with Crippen LogP contribution in [0.4, 0.5) is 4.79 Å². The number of amides is 2. The molecule has 1 fully saturated rings. The average molecular weight is 352 g/mol. The van der Waals surface area contributed by atoms with Crippen molar-refractivity contribution in [2.24, 2.45) is 0 Å². The molecule has 0 aliphatic carbocycles. The van der Waals surface area contributed by atoms with E-state index in [1.807, 2.05) is 30.3 Å². The van der Waals surface area contributed by atoms with E-state index in [4.69, 9.17) is 4.74 Å². The smallest absolute Gasteiger partial charge is 0.409 e. The monoisotopic (exact) mass is 352 g/mol. The Morgan fingerprint density at radius 2 is 1.79 bits per heavy atom. The van der Waals surface area contributed by atoms with E-state index in [0.29, 0.717) is 44.3 Å². The number of nitrogens with zero attached hydrogens (tertiary/aromatic N) is 2. The van der Waals surface area contributed by atoms with E-state index >= 15 is 0 Å². The van der Waals surface area contributed by atoms with Gasteiger partial charge in [0.1, 0.15) is 0 Å². The molecular formula is C17H24N2O4S. The van der Waals surface area contributed by atoms with Gasteiger partial charge in [0.2, 0.25) is 5.91 Å². The van der Waals surface area contributed by atoms with E-state index in [2.05, 4.69) is 0 Å². The summed E-state index contributed by atoms with van der Waals surface area (Å²) in [5.74, 6) is 0.866. The Morgan fingerprint density at radius 1 is 1.17 bits per heavy atom.